The first-order chi connectivity index (χ1) is 6.02. The summed E-state index contributed by atoms with van der Waals surface area (Å²) in [5.74, 6) is -0.794. The van der Waals surface area contributed by atoms with Crippen LogP contribution in [0, 0.1) is 0 Å². The Morgan fingerprint density at radius 1 is 1.54 bits per heavy atom. The number of carboxylic acids is 1. The van der Waals surface area contributed by atoms with Crippen molar-refractivity contribution in [2.75, 3.05) is 20.2 Å². The Morgan fingerprint density at radius 3 is 2.38 bits per heavy atom. The Hall–Kier alpha value is -0.610. The number of methoxy groups -OCH3 is 1. The molecule has 0 saturated heterocycles. The zero-order valence-corrected chi connectivity index (χ0v) is 8.78. The first kappa shape index (κ1) is 12.4. The molecule has 2 unspecified atom stereocenters. The monoisotopic (exact) mass is 189 g/mol. The van der Waals surface area contributed by atoms with Gasteiger partial charge in [-0.05, 0) is 20.4 Å². The lowest BCUT2D eigenvalue weighted by Crippen LogP contribution is -2.43. The van der Waals surface area contributed by atoms with Gasteiger partial charge in [0.15, 0.2) is 0 Å². The molecule has 0 bridgehead atoms. The molecular formula is C9H19NO3. The maximum absolute atomic E-state index is 10.5. The number of aliphatic carboxylic acids is 1. The van der Waals surface area contributed by atoms with Gasteiger partial charge in [0.05, 0.1) is 12.6 Å². The molecule has 0 aliphatic heterocycles. The van der Waals surface area contributed by atoms with E-state index in [1.54, 1.807) is 7.11 Å². The van der Waals surface area contributed by atoms with Crippen LogP contribution in [0.1, 0.15) is 20.8 Å². The highest BCUT2D eigenvalue weighted by Crippen LogP contribution is 2.06. The summed E-state index contributed by atoms with van der Waals surface area (Å²) in [6.07, 6.45) is 0.0549. The van der Waals surface area contributed by atoms with Gasteiger partial charge in [0.1, 0.15) is 0 Å². The van der Waals surface area contributed by atoms with Crippen molar-refractivity contribution in [1.82, 2.24) is 4.90 Å². The van der Waals surface area contributed by atoms with Crippen LogP contribution in [0.15, 0.2) is 0 Å². The summed E-state index contributed by atoms with van der Waals surface area (Å²) in [7, 11) is 1.63. The molecule has 0 saturated carbocycles. The summed E-state index contributed by atoms with van der Waals surface area (Å²) in [5, 5.41) is 8.64. The van der Waals surface area contributed by atoms with E-state index in [0.717, 1.165) is 6.54 Å². The van der Waals surface area contributed by atoms with Crippen molar-refractivity contribution in [3.63, 3.8) is 0 Å². The molecule has 2 atom stereocenters. The molecule has 0 rings (SSSR count). The molecular weight excluding hydrogens is 170 g/mol. The van der Waals surface area contributed by atoms with Crippen LogP contribution < -0.4 is 0 Å². The van der Waals surface area contributed by atoms with Crippen LogP contribution >= 0.6 is 0 Å². The molecule has 0 radical (unpaired) electrons. The summed E-state index contributed by atoms with van der Waals surface area (Å²) in [6, 6.07) is 0.131. The number of nitrogens with zero attached hydrogens (tertiary/aromatic N) is 1. The highest BCUT2D eigenvalue weighted by atomic mass is 16.5. The number of rotatable bonds is 6. The van der Waals surface area contributed by atoms with Gasteiger partial charge in [-0.2, -0.15) is 0 Å². The number of likely N-dealkylation sites (N-methyl/N-ethyl adjacent to an activating group) is 1. The highest BCUT2D eigenvalue weighted by Gasteiger charge is 2.20. The van der Waals surface area contributed by atoms with Crippen molar-refractivity contribution >= 4 is 5.97 Å². The second-order valence-electron chi connectivity index (χ2n) is 3.14. The molecule has 78 valence electrons. The van der Waals surface area contributed by atoms with Gasteiger partial charge in [0.25, 0.3) is 0 Å². The zero-order chi connectivity index (χ0) is 10.4. The fourth-order valence-corrected chi connectivity index (χ4v) is 1.21. The Morgan fingerprint density at radius 2 is 2.08 bits per heavy atom. The number of hydrogen-bond acceptors (Lipinski definition) is 3. The van der Waals surface area contributed by atoms with Crippen LogP contribution in [0.5, 0.6) is 0 Å². The first-order valence-corrected chi connectivity index (χ1v) is 4.51. The molecule has 4 heteroatoms. The molecule has 0 aromatic rings. The van der Waals surface area contributed by atoms with Crippen molar-refractivity contribution in [2.24, 2.45) is 0 Å². The quantitative estimate of drug-likeness (QED) is 0.672. The van der Waals surface area contributed by atoms with E-state index in [0.29, 0.717) is 0 Å². The molecule has 0 aliphatic carbocycles. The van der Waals surface area contributed by atoms with Gasteiger partial charge >= 0.3 is 5.97 Å². The third-order valence-corrected chi connectivity index (χ3v) is 2.37. The Labute approximate surface area is 79.5 Å². The normalized spacial score (nSPS) is 15.8. The molecule has 0 aromatic carbocycles. The van der Waals surface area contributed by atoms with Crippen molar-refractivity contribution in [3.05, 3.63) is 0 Å². The molecule has 0 aliphatic rings. The first-order valence-electron chi connectivity index (χ1n) is 4.51. The van der Waals surface area contributed by atoms with E-state index in [9.17, 15) is 4.79 Å². The van der Waals surface area contributed by atoms with E-state index < -0.39 is 5.97 Å². The fraction of sp³-hybridized carbons (Fsp3) is 0.889. The zero-order valence-electron chi connectivity index (χ0n) is 8.78. The third kappa shape index (κ3) is 4.24. The maximum Gasteiger partial charge on any atom is 0.317 e. The van der Waals surface area contributed by atoms with Crippen LogP contribution in [0.4, 0.5) is 0 Å². The average Bonchev–Trinajstić information content (AvgIpc) is 2.11. The topological polar surface area (TPSA) is 49.8 Å². The van der Waals surface area contributed by atoms with Crippen molar-refractivity contribution in [1.29, 1.82) is 0 Å². The van der Waals surface area contributed by atoms with Gasteiger partial charge in [-0.1, -0.05) is 6.92 Å². The van der Waals surface area contributed by atoms with Gasteiger partial charge in [-0.15, -0.1) is 0 Å². The molecule has 0 amide bonds. The Balaban J connectivity index is 4.13. The molecule has 0 fully saturated rings. The van der Waals surface area contributed by atoms with E-state index >= 15 is 0 Å². The summed E-state index contributed by atoms with van der Waals surface area (Å²) in [5.41, 5.74) is 0. The van der Waals surface area contributed by atoms with Crippen LogP contribution in [0.3, 0.4) is 0 Å². The highest BCUT2D eigenvalue weighted by molar-refractivity contribution is 5.69. The summed E-state index contributed by atoms with van der Waals surface area (Å²) < 4.78 is 5.14. The third-order valence-electron chi connectivity index (χ3n) is 2.37. The maximum atomic E-state index is 10.5. The smallest absolute Gasteiger partial charge is 0.317 e. The lowest BCUT2D eigenvalue weighted by Gasteiger charge is -2.29. The number of carboxylic acid groups (broad SMARTS) is 1. The lowest BCUT2D eigenvalue weighted by atomic mass is 10.2. The largest absolute Gasteiger partial charge is 0.480 e. The standard InChI is InChI=1S/C9H19NO3/c1-5-10(6-9(11)12)7(2)8(3)13-4/h7-8H,5-6H2,1-4H3,(H,11,12). The van der Waals surface area contributed by atoms with Gasteiger partial charge in [0.2, 0.25) is 0 Å². The SMILES string of the molecule is CCN(CC(=O)O)C(C)C(C)OC. The van der Waals surface area contributed by atoms with Crippen LogP contribution in [0.2, 0.25) is 0 Å². The Kier molecular flexibility index (Phi) is 5.66. The second-order valence-corrected chi connectivity index (χ2v) is 3.14. The lowest BCUT2D eigenvalue weighted by molar-refractivity contribution is -0.139. The van der Waals surface area contributed by atoms with Gasteiger partial charge in [-0.3, -0.25) is 9.69 Å². The minimum Gasteiger partial charge on any atom is -0.480 e. The molecule has 1 N–H and O–H groups in total. The van der Waals surface area contributed by atoms with E-state index in [2.05, 4.69) is 0 Å². The number of ether oxygens (including phenoxy) is 1. The molecule has 4 nitrogen and oxygen atoms in total. The van der Waals surface area contributed by atoms with Crippen molar-refractivity contribution < 1.29 is 14.6 Å². The van der Waals surface area contributed by atoms with E-state index in [-0.39, 0.29) is 18.7 Å². The number of hydrogen-bond donors (Lipinski definition) is 1. The van der Waals surface area contributed by atoms with Crippen LogP contribution in [-0.4, -0.2) is 48.3 Å². The molecule has 0 spiro atoms. The van der Waals surface area contributed by atoms with Crippen LogP contribution in [-0.2, 0) is 9.53 Å². The summed E-state index contributed by atoms with van der Waals surface area (Å²) in [6.45, 7) is 6.66. The summed E-state index contributed by atoms with van der Waals surface area (Å²) in [4.78, 5) is 12.4. The van der Waals surface area contributed by atoms with Gasteiger partial charge in [-0.25, -0.2) is 0 Å². The van der Waals surface area contributed by atoms with Gasteiger partial charge < -0.3 is 9.84 Å². The fourth-order valence-electron chi connectivity index (χ4n) is 1.21. The average molecular weight is 189 g/mol. The number of carbonyl (C=O) groups is 1. The molecule has 0 aromatic heterocycles. The molecule has 0 heterocycles. The predicted molar refractivity (Wildman–Crippen MR) is 50.8 cm³/mol. The van der Waals surface area contributed by atoms with Crippen LogP contribution in [0.25, 0.3) is 0 Å². The van der Waals surface area contributed by atoms with Crippen molar-refractivity contribution in [3.8, 4) is 0 Å². The minimum atomic E-state index is -0.794. The van der Waals surface area contributed by atoms with E-state index in [4.69, 9.17) is 9.84 Å². The molecule has 13 heavy (non-hydrogen) atoms. The van der Waals surface area contributed by atoms with Gasteiger partial charge in [0, 0.05) is 13.2 Å². The van der Waals surface area contributed by atoms with Crippen molar-refractivity contribution in [2.45, 2.75) is 32.9 Å². The minimum absolute atomic E-state index is 0.0549. The summed E-state index contributed by atoms with van der Waals surface area (Å²) >= 11 is 0. The van der Waals surface area contributed by atoms with E-state index in [1.807, 2.05) is 25.7 Å². The Bertz CT molecular complexity index is 161. The predicted octanol–water partition coefficient (Wildman–Crippen LogP) is 0.816. The van der Waals surface area contributed by atoms with E-state index in [1.165, 1.54) is 0 Å². The second kappa shape index (κ2) is 5.94.